The number of hydrogen-bond acceptors (Lipinski definition) is 5. The summed E-state index contributed by atoms with van der Waals surface area (Å²) in [7, 11) is 0. The molecule has 0 bridgehead atoms. The molecule has 3 rings (SSSR count). The van der Waals surface area contributed by atoms with Gasteiger partial charge in [-0.15, -0.1) is 0 Å². The van der Waals surface area contributed by atoms with E-state index < -0.39 is 11.5 Å². The first-order valence-corrected chi connectivity index (χ1v) is 5.49. The molecule has 2 N–H and O–H groups in total. The van der Waals surface area contributed by atoms with Gasteiger partial charge in [-0.05, 0) is 6.07 Å². The molecule has 1 aromatic rings. The third-order valence-electron chi connectivity index (χ3n) is 3.38. The Balaban J connectivity index is 2.06. The van der Waals surface area contributed by atoms with E-state index in [1.165, 1.54) is 0 Å². The van der Waals surface area contributed by atoms with Gasteiger partial charge in [-0.25, -0.2) is 0 Å². The first kappa shape index (κ1) is 10.7. The van der Waals surface area contributed by atoms with Crippen LogP contribution in [-0.2, 0) is 0 Å². The van der Waals surface area contributed by atoms with Gasteiger partial charge in [0.1, 0.15) is 5.75 Å². The van der Waals surface area contributed by atoms with E-state index in [1.54, 1.807) is 19.1 Å². The number of aliphatic hydroxyl groups is 2. The highest BCUT2D eigenvalue weighted by molar-refractivity contribution is 5.53. The predicted octanol–water partition coefficient (Wildman–Crippen LogP) is 0.840. The summed E-state index contributed by atoms with van der Waals surface area (Å²) in [5.74, 6) is 1.82. The SMILES string of the molecule is C[C@]1(CO)COc2cc3c(cc2[C@H]1O)OCO3. The average Bonchev–Trinajstić information content (AvgIpc) is 2.79. The van der Waals surface area contributed by atoms with Gasteiger partial charge in [-0.3, -0.25) is 0 Å². The number of rotatable bonds is 1. The van der Waals surface area contributed by atoms with Crippen LogP contribution in [0.3, 0.4) is 0 Å². The maximum Gasteiger partial charge on any atom is 0.231 e. The number of fused-ring (bicyclic) bond motifs is 2. The highest BCUT2D eigenvalue weighted by atomic mass is 16.7. The van der Waals surface area contributed by atoms with Crippen LogP contribution in [0, 0.1) is 5.41 Å². The van der Waals surface area contributed by atoms with Crippen LogP contribution in [0.5, 0.6) is 17.2 Å². The molecular formula is C12H14O5. The standard InChI is InChI=1S/C12H14O5/c1-12(4-13)5-15-8-3-10-9(16-6-17-10)2-7(8)11(12)14/h2-3,11,13-14H,4-6H2,1H3/t11-,12+/m1/s1. The Labute approximate surface area is 98.5 Å². The molecule has 92 valence electrons. The van der Waals surface area contributed by atoms with Crippen molar-refractivity contribution in [3.63, 3.8) is 0 Å². The van der Waals surface area contributed by atoms with Gasteiger partial charge >= 0.3 is 0 Å². The van der Waals surface area contributed by atoms with Gasteiger partial charge in [0.25, 0.3) is 0 Å². The Kier molecular flexibility index (Phi) is 2.21. The zero-order valence-corrected chi connectivity index (χ0v) is 9.47. The lowest BCUT2D eigenvalue weighted by Gasteiger charge is -2.37. The Bertz CT molecular complexity index is 458. The smallest absolute Gasteiger partial charge is 0.231 e. The summed E-state index contributed by atoms with van der Waals surface area (Å²) in [6.45, 7) is 2.11. The van der Waals surface area contributed by atoms with Crippen LogP contribution in [0.1, 0.15) is 18.6 Å². The molecule has 17 heavy (non-hydrogen) atoms. The lowest BCUT2D eigenvalue weighted by molar-refractivity contribution is -0.0527. The van der Waals surface area contributed by atoms with Crippen LogP contribution in [0.4, 0.5) is 0 Å². The summed E-state index contributed by atoms with van der Waals surface area (Å²) < 4.78 is 16.1. The van der Waals surface area contributed by atoms with Crippen LogP contribution < -0.4 is 14.2 Å². The Morgan fingerprint density at radius 3 is 2.65 bits per heavy atom. The maximum atomic E-state index is 10.3. The highest BCUT2D eigenvalue weighted by Gasteiger charge is 2.41. The molecule has 2 aliphatic rings. The van der Waals surface area contributed by atoms with Crippen LogP contribution >= 0.6 is 0 Å². The van der Waals surface area contributed by atoms with E-state index in [2.05, 4.69) is 0 Å². The Hall–Kier alpha value is -1.46. The molecule has 0 unspecified atom stereocenters. The van der Waals surface area contributed by atoms with E-state index in [1.807, 2.05) is 0 Å². The van der Waals surface area contributed by atoms with Gasteiger partial charge in [0, 0.05) is 11.6 Å². The molecule has 0 aliphatic carbocycles. The minimum absolute atomic E-state index is 0.137. The average molecular weight is 238 g/mol. The van der Waals surface area contributed by atoms with Gasteiger partial charge in [0.15, 0.2) is 11.5 Å². The minimum Gasteiger partial charge on any atom is -0.492 e. The van der Waals surface area contributed by atoms with Crippen molar-refractivity contribution in [1.82, 2.24) is 0 Å². The first-order valence-electron chi connectivity index (χ1n) is 5.49. The fourth-order valence-corrected chi connectivity index (χ4v) is 2.11. The second kappa shape index (κ2) is 3.51. The van der Waals surface area contributed by atoms with Crippen molar-refractivity contribution in [3.05, 3.63) is 17.7 Å². The van der Waals surface area contributed by atoms with E-state index in [9.17, 15) is 10.2 Å². The van der Waals surface area contributed by atoms with Crippen molar-refractivity contribution in [2.24, 2.45) is 5.41 Å². The molecule has 1 aromatic carbocycles. The fourth-order valence-electron chi connectivity index (χ4n) is 2.11. The molecule has 0 aromatic heterocycles. The fraction of sp³-hybridized carbons (Fsp3) is 0.500. The number of benzene rings is 1. The quantitative estimate of drug-likeness (QED) is 0.758. The summed E-state index contributed by atoms with van der Waals surface area (Å²) in [6.07, 6.45) is -0.772. The van der Waals surface area contributed by atoms with Gasteiger partial charge in [-0.2, -0.15) is 0 Å². The molecule has 0 saturated heterocycles. The third kappa shape index (κ3) is 1.46. The summed E-state index contributed by atoms with van der Waals surface area (Å²) in [6, 6.07) is 3.44. The van der Waals surface area contributed by atoms with Crippen molar-refractivity contribution >= 4 is 0 Å². The van der Waals surface area contributed by atoms with Gasteiger partial charge in [0.05, 0.1) is 24.7 Å². The van der Waals surface area contributed by atoms with Crippen LogP contribution in [0.25, 0.3) is 0 Å². The van der Waals surface area contributed by atoms with E-state index >= 15 is 0 Å². The zero-order chi connectivity index (χ0) is 12.0. The molecule has 2 aliphatic heterocycles. The molecule has 0 saturated carbocycles. The van der Waals surface area contributed by atoms with Gasteiger partial charge < -0.3 is 24.4 Å². The minimum atomic E-state index is -0.772. The molecule has 0 amide bonds. The topological polar surface area (TPSA) is 68.2 Å². The summed E-state index contributed by atoms with van der Waals surface area (Å²) in [5, 5.41) is 19.6. The van der Waals surface area contributed by atoms with Gasteiger partial charge in [-0.1, -0.05) is 6.92 Å². The van der Waals surface area contributed by atoms with Gasteiger partial charge in [0.2, 0.25) is 6.79 Å². The highest BCUT2D eigenvalue weighted by Crippen LogP contribution is 2.47. The maximum absolute atomic E-state index is 10.3. The van der Waals surface area contributed by atoms with E-state index in [4.69, 9.17) is 14.2 Å². The van der Waals surface area contributed by atoms with E-state index in [0.29, 0.717) is 22.8 Å². The van der Waals surface area contributed by atoms with E-state index in [-0.39, 0.29) is 20.0 Å². The Morgan fingerprint density at radius 1 is 1.24 bits per heavy atom. The normalized spacial score (nSPS) is 29.7. The lowest BCUT2D eigenvalue weighted by Crippen LogP contribution is -2.39. The number of aliphatic hydroxyl groups excluding tert-OH is 2. The molecule has 0 fully saturated rings. The molecule has 2 heterocycles. The summed E-state index contributed by atoms with van der Waals surface area (Å²) >= 11 is 0. The number of hydrogen-bond donors (Lipinski definition) is 2. The summed E-state index contributed by atoms with van der Waals surface area (Å²) in [4.78, 5) is 0. The largest absolute Gasteiger partial charge is 0.492 e. The van der Waals surface area contributed by atoms with E-state index in [0.717, 1.165) is 0 Å². The first-order chi connectivity index (χ1) is 8.14. The summed E-state index contributed by atoms with van der Waals surface area (Å²) in [5.41, 5.74) is -0.0437. The second-order valence-corrected chi connectivity index (χ2v) is 4.75. The third-order valence-corrected chi connectivity index (χ3v) is 3.38. The molecular weight excluding hydrogens is 224 g/mol. The molecule has 5 heteroatoms. The Morgan fingerprint density at radius 2 is 1.94 bits per heavy atom. The molecule has 2 atom stereocenters. The molecule has 0 radical (unpaired) electrons. The van der Waals surface area contributed by atoms with Crippen molar-refractivity contribution in [1.29, 1.82) is 0 Å². The number of ether oxygens (including phenoxy) is 3. The molecule has 0 spiro atoms. The van der Waals surface area contributed by atoms with Crippen molar-refractivity contribution < 1.29 is 24.4 Å². The van der Waals surface area contributed by atoms with Crippen LogP contribution in [-0.4, -0.2) is 30.2 Å². The van der Waals surface area contributed by atoms with Crippen molar-refractivity contribution in [3.8, 4) is 17.2 Å². The zero-order valence-electron chi connectivity index (χ0n) is 9.47. The second-order valence-electron chi connectivity index (χ2n) is 4.75. The monoisotopic (exact) mass is 238 g/mol. The van der Waals surface area contributed by atoms with Crippen molar-refractivity contribution in [2.75, 3.05) is 20.0 Å². The van der Waals surface area contributed by atoms with Crippen molar-refractivity contribution in [2.45, 2.75) is 13.0 Å². The predicted molar refractivity (Wildman–Crippen MR) is 58.2 cm³/mol. The lowest BCUT2D eigenvalue weighted by atomic mass is 9.80. The van der Waals surface area contributed by atoms with Crippen LogP contribution in [0.15, 0.2) is 12.1 Å². The van der Waals surface area contributed by atoms with Crippen LogP contribution in [0.2, 0.25) is 0 Å². The molecule has 5 nitrogen and oxygen atoms in total.